The molecule has 3 N–H and O–H groups in total. The molecule has 3 nitrogen and oxygen atoms in total. The van der Waals surface area contributed by atoms with Gasteiger partial charge in [0.25, 0.3) is 0 Å². The maximum Gasteiger partial charge on any atom is 0.138 e. The van der Waals surface area contributed by atoms with Crippen molar-refractivity contribution in [3.63, 3.8) is 0 Å². The number of benzene rings is 1. The van der Waals surface area contributed by atoms with Crippen LogP contribution in [0.15, 0.2) is 17.0 Å². The Balaban J connectivity index is 1.56. The third-order valence-electron chi connectivity index (χ3n) is 3.94. The molecule has 21 heavy (non-hydrogen) atoms. The largest absolute Gasteiger partial charge is 0.385 e. The number of unbranched alkanes of at least 4 members (excludes halogenated alkanes) is 1. The van der Waals surface area contributed by atoms with Crippen molar-refractivity contribution in [1.29, 1.82) is 0 Å². The number of rotatable bonds is 8. The van der Waals surface area contributed by atoms with E-state index in [2.05, 4.69) is 28.6 Å². The van der Waals surface area contributed by atoms with Crippen molar-refractivity contribution in [1.82, 2.24) is 10.6 Å². The van der Waals surface area contributed by atoms with Crippen molar-refractivity contribution >= 4 is 18.3 Å². The van der Waals surface area contributed by atoms with Crippen LogP contribution in [0.5, 0.6) is 0 Å². The molecule has 0 amide bonds. The first-order valence-electron chi connectivity index (χ1n) is 7.84. The van der Waals surface area contributed by atoms with Crippen LogP contribution < -0.4 is 16.0 Å². The first kappa shape index (κ1) is 16.6. The second-order valence-corrected chi connectivity index (χ2v) is 6.23. The van der Waals surface area contributed by atoms with E-state index >= 15 is 0 Å². The highest BCUT2D eigenvalue weighted by Crippen LogP contribution is 2.22. The van der Waals surface area contributed by atoms with E-state index in [1.54, 1.807) is 6.07 Å². The highest BCUT2D eigenvalue weighted by Gasteiger charge is 2.12. The van der Waals surface area contributed by atoms with Crippen LogP contribution in [-0.2, 0) is 0 Å². The average molecular weight is 311 g/mol. The molecule has 1 aromatic rings. The molecule has 1 aliphatic heterocycles. The summed E-state index contributed by atoms with van der Waals surface area (Å²) in [5.74, 6) is -0.267. The molecule has 1 aromatic carbocycles. The van der Waals surface area contributed by atoms with Crippen LogP contribution in [0, 0.1) is 12.7 Å². The normalized spacial score (nSPS) is 18.1. The fraction of sp³-hybridized carbons (Fsp3) is 0.625. The van der Waals surface area contributed by atoms with Gasteiger partial charge in [-0.3, -0.25) is 0 Å². The van der Waals surface area contributed by atoms with E-state index in [1.165, 1.54) is 18.9 Å². The van der Waals surface area contributed by atoms with Gasteiger partial charge in [0.2, 0.25) is 0 Å². The Hall–Kier alpha value is -0.780. The van der Waals surface area contributed by atoms with E-state index in [0.29, 0.717) is 10.9 Å². The summed E-state index contributed by atoms with van der Waals surface area (Å²) < 4.78 is 13.5. The molecule has 0 saturated carbocycles. The van der Waals surface area contributed by atoms with Crippen molar-refractivity contribution in [2.24, 2.45) is 0 Å². The molecular weight excluding hydrogens is 285 g/mol. The Morgan fingerprint density at radius 3 is 2.90 bits per heavy atom. The number of aryl methyl sites for hydroxylation is 1. The zero-order valence-corrected chi connectivity index (χ0v) is 13.6. The van der Waals surface area contributed by atoms with E-state index in [9.17, 15) is 4.39 Å². The van der Waals surface area contributed by atoms with E-state index in [4.69, 9.17) is 0 Å². The lowest BCUT2D eigenvalue weighted by atomic mass is 10.2. The fourth-order valence-electron chi connectivity index (χ4n) is 2.66. The van der Waals surface area contributed by atoms with Crippen molar-refractivity contribution in [2.45, 2.75) is 43.5 Å². The summed E-state index contributed by atoms with van der Waals surface area (Å²) in [6.07, 6.45) is 4.80. The molecule has 0 unspecified atom stereocenters. The summed E-state index contributed by atoms with van der Waals surface area (Å²) in [5, 5.41) is 10.3. The van der Waals surface area contributed by atoms with E-state index in [0.717, 1.165) is 50.3 Å². The number of thiol groups is 1. The van der Waals surface area contributed by atoms with Gasteiger partial charge in [0, 0.05) is 29.7 Å². The number of hydrogen-bond donors (Lipinski definition) is 4. The lowest BCUT2D eigenvalue weighted by molar-refractivity contribution is 0.526. The molecule has 1 heterocycles. The standard InChI is InChI=1S/C16H26FN3S/c1-12-9-16(21)14(17)10-15(12)20-7-3-2-6-18-11-13-5-4-8-19-13/h9-10,13,18-21H,2-8,11H2,1H3/t13-/m0/s1. The molecule has 1 aliphatic rings. The highest BCUT2D eigenvalue weighted by atomic mass is 32.1. The quantitative estimate of drug-likeness (QED) is 0.440. The third-order valence-corrected chi connectivity index (χ3v) is 4.29. The minimum atomic E-state index is -0.267. The SMILES string of the molecule is Cc1cc(S)c(F)cc1NCCCCNC[C@@H]1CCCN1. The molecule has 2 rings (SSSR count). The van der Waals surface area contributed by atoms with Crippen LogP contribution in [0.1, 0.15) is 31.2 Å². The Morgan fingerprint density at radius 1 is 1.33 bits per heavy atom. The fourth-order valence-corrected chi connectivity index (χ4v) is 2.92. The Labute approximate surface area is 132 Å². The van der Waals surface area contributed by atoms with Gasteiger partial charge in [-0.2, -0.15) is 0 Å². The van der Waals surface area contributed by atoms with Crippen molar-refractivity contribution in [3.8, 4) is 0 Å². The zero-order chi connectivity index (χ0) is 15.1. The summed E-state index contributed by atoms with van der Waals surface area (Å²) in [6, 6.07) is 3.95. The summed E-state index contributed by atoms with van der Waals surface area (Å²) in [5.41, 5.74) is 1.90. The monoisotopic (exact) mass is 311 g/mol. The van der Waals surface area contributed by atoms with E-state index in [1.807, 2.05) is 6.92 Å². The Bertz CT molecular complexity index is 447. The van der Waals surface area contributed by atoms with Gasteiger partial charge in [0.1, 0.15) is 5.82 Å². The molecular formula is C16H26FN3S. The topological polar surface area (TPSA) is 36.1 Å². The average Bonchev–Trinajstić information content (AvgIpc) is 2.96. The van der Waals surface area contributed by atoms with Gasteiger partial charge in [-0.05, 0) is 63.4 Å². The lowest BCUT2D eigenvalue weighted by Gasteiger charge is -2.12. The Kier molecular flexibility index (Phi) is 6.80. The minimum absolute atomic E-state index is 0.267. The lowest BCUT2D eigenvalue weighted by Crippen LogP contribution is -2.34. The molecule has 0 radical (unpaired) electrons. The van der Waals surface area contributed by atoms with Gasteiger partial charge in [-0.25, -0.2) is 4.39 Å². The molecule has 0 aliphatic carbocycles. The van der Waals surface area contributed by atoms with Crippen LogP contribution in [0.2, 0.25) is 0 Å². The van der Waals surface area contributed by atoms with Gasteiger partial charge in [0.05, 0.1) is 0 Å². The molecule has 1 fully saturated rings. The van der Waals surface area contributed by atoms with E-state index < -0.39 is 0 Å². The molecule has 5 heteroatoms. The van der Waals surface area contributed by atoms with Crippen LogP contribution in [-0.4, -0.2) is 32.2 Å². The molecule has 0 aromatic heterocycles. The number of nitrogens with one attached hydrogen (secondary N) is 3. The van der Waals surface area contributed by atoms with Crippen LogP contribution in [0.3, 0.4) is 0 Å². The number of anilines is 1. The first-order chi connectivity index (χ1) is 10.2. The van der Waals surface area contributed by atoms with Crippen molar-refractivity contribution in [3.05, 3.63) is 23.5 Å². The van der Waals surface area contributed by atoms with Crippen LogP contribution in [0.25, 0.3) is 0 Å². The van der Waals surface area contributed by atoms with Gasteiger partial charge < -0.3 is 16.0 Å². The van der Waals surface area contributed by atoms with E-state index in [-0.39, 0.29) is 5.82 Å². The van der Waals surface area contributed by atoms with Gasteiger partial charge in [0.15, 0.2) is 0 Å². The van der Waals surface area contributed by atoms with Gasteiger partial charge in [-0.15, -0.1) is 12.6 Å². The van der Waals surface area contributed by atoms with Crippen LogP contribution in [0.4, 0.5) is 10.1 Å². The maximum atomic E-state index is 13.5. The zero-order valence-electron chi connectivity index (χ0n) is 12.7. The second kappa shape index (κ2) is 8.61. The summed E-state index contributed by atoms with van der Waals surface area (Å²) >= 11 is 4.08. The molecule has 118 valence electrons. The third kappa shape index (κ3) is 5.49. The predicted octanol–water partition coefficient (Wildman–Crippen LogP) is 2.96. The molecule has 1 atom stereocenters. The summed E-state index contributed by atoms with van der Waals surface area (Å²) in [6.45, 7) is 6.12. The van der Waals surface area contributed by atoms with Gasteiger partial charge in [-0.1, -0.05) is 0 Å². The number of halogens is 1. The maximum absolute atomic E-state index is 13.5. The van der Waals surface area contributed by atoms with Crippen LogP contribution >= 0.6 is 12.6 Å². The first-order valence-corrected chi connectivity index (χ1v) is 8.28. The predicted molar refractivity (Wildman–Crippen MR) is 90.0 cm³/mol. The molecule has 0 spiro atoms. The summed E-state index contributed by atoms with van der Waals surface area (Å²) in [7, 11) is 0. The van der Waals surface area contributed by atoms with Gasteiger partial charge >= 0.3 is 0 Å². The Morgan fingerprint density at radius 2 is 2.14 bits per heavy atom. The minimum Gasteiger partial charge on any atom is -0.385 e. The molecule has 1 saturated heterocycles. The second-order valence-electron chi connectivity index (χ2n) is 5.75. The number of hydrogen-bond acceptors (Lipinski definition) is 4. The molecule has 0 bridgehead atoms. The van der Waals surface area contributed by atoms with Crippen molar-refractivity contribution < 1.29 is 4.39 Å². The van der Waals surface area contributed by atoms with Crippen molar-refractivity contribution in [2.75, 3.05) is 31.5 Å². The summed E-state index contributed by atoms with van der Waals surface area (Å²) in [4.78, 5) is 0.405. The highest BCUT2D eigenvalue weighted by molar-refractivity contribution is 7.80. The smallest absolute Gasteiger partial charge is 0.138 e.